The van der Waals surface area contributed by atoms with Gasteiger partial charge in [-0.2, -0.15) is 0 Å². The number of allylic oxidation sites excluding steroid dienone is 2. The molecule has 6 rings (SSSR count). The number of nitrogens with one attached hydrogen (secondary N) is 1. The molecule has 46 heavy (non-hydrogen) atoms. The summed E-state index contributed by atoms with van der Waals surface area (Å²) in [6, 6.07) is 24.5. The van der Waals surface area contributed by atoms with E-state index >= 15 is 0 Å². The maximum atomic E-state index is 14.2. The van der Waals surface area contributed by atoms with E-state index in [4.69, 9.17) is 4.65 Å². The Bertz CT molecular complexity index is 1620. The maximum absolute atomic E-state index is 14.2. The topological polar surface area (TPSA) is 99.1 Å². The number of fused-ring (bicyclic) bond motifs is 3. The highest BCUT2D eigenvalue weighted by Crippen LogP contribution is 2.52. The van der Waals surface area contributed by atoms with Crippen LogP contribution in [-0.2, 0) is 14.2 Å². The Balaban J connectivity index is 1.25. The van der Waals surface area contributed by atoms with Gasteiger partial charge in [0.1, 0.15) is 5.75 Å². The number of hydrogen-bond acceptors (Lipinski definition) is 6. The molecule has 0 saturated carbocycles. The van der Waals surface area contributed by atoms with Crippen LogP contribution >= 0.6 is 0 Å². The van der Waals surface area contributed by atoms with E-state index < -0.39 is 19.0 Å². The molecule has 2 aliphatic heterocycles. The number of phenols is 1. The van der Waals surface area contributed by atoms with Crippen molar-refractivity contribution in [2.45, 2.75) is 65.3 Å². The number of anilines is 3. The van der Waals surface area contributed by atoms with Gasteiger partial charge in [0.15, 0.2) is 0 Å². The highest BCUT2D eigenvalue weighted by Gasteiger charge is 2.57. The van der Waals surface area contributed by atoms with Crippen LogP contribution in [0.5, 0.6) is 5.75 Å². The smallest absolute Gasteiger partial charge is 0.455 e. The number of phenolic OH excluding ortho intramolecular Hbond substituents is 1. The van der Waals surface area contributed by atoms with E-state index in [1.165, 1.54) is 16.0 Å². The Labute approximate surface area is 272 Å². The molecule has 2 fully saturated rings. The lowest BCUT2D eigenvalue weighted by atomic mass is 9.57. The SMILES string of the molecule is CCC/C(=C\c1ccc(O)cc1)CC[C@H]1OB(O)C[C@H]2C1=C(C(C)C)C[C@H]1C(=O)N(c3ccc(Nc4ccccc4)cc3)C(=O)[C@H]12. The summed E-state index contributed by atoms with van der Waals surface area (Å²) in [5, 5.41) is 24.0. The molecule has 3 aliphatic rings. The molecule has 2 amide bonds. The van der Waals surface area contributed by atoms with E-state index in [-0.39, 0.29) is 35.5 Å². The second-order valence-electron chi connectivity index (χ2n) is 13.1. The number of nitrogens with zero attached hydrogens (tertiary/aromatic N) is 1. The van der Waals surface area contributed by atoms with Gasteiger partial charge >= 0.3 is 7.12 Å². The van der Waals surface area contributed by atoms with Crippen molar-refractivity contribution >= 4 is 42.1 Å². The van der Waals surface area contributed by atoms with Crippen LogP contribution in [0.1, 0.15) is 58.4 Å². The zero-order chi connectivity index (χ0) is 32.4. The van der Waals surface area contributed by atoms with Gasteiger partial charge in [-0.05, 0) is 104 Å². The van der Waals surface area contributed by atoms with E-state index in [2.05, 4.69) is 32.2 Å². The molecule has 4 atom stereocenters. The lowest BCUT2D eigenvalue weighted by Crippen LogP contribution is -2.46. The van der Waals surface area contributed by atoms with Crippen LogP contribution in [0.15, 0.2) is 95.6 Å². The highest BCUT2D eigenvalue weighted by atomic mass is 16.5. The van der Waals surface area contributed by atoms with Crippen molar-refractivity contribution in [2.24, 2.45) is 23.7 Å². The molecule has 2 heterocycles. The van der Waals surface area contributed by atoms with Gasteiger partial charge in [-0.15, -0.1) is 0 Å². The second-order valence-corrected chi connectivity index (χ2v) is 13.1. The fourth-order valence-corrected chi connectivity index (χ4v) is 7.60. The first-order valence-corrected chi connectivity index (χ1v) is 16.6. The molecule has 238 valence electrons. The minimum absolute atomic E-state index is 0.157. The Morgan fingerprint density at radius 1 is 0.957 bits per heavy atom. The number of para-hydroxylation sites is 1. The van der Waals surface area contributed by atoms with E-state index in [9.17, 15) is 19.7 Å². The summed E-state index contributed by atoms with van der Waals surface area (Å²) in [7, 11) is -0.998. The highest BCUT2D eigenvalue weighted by molar-refractivity contribution is 6.43. The average molecular weight is 619 g/mol. The molecule has 0 bridgehead atoms. The fraction of sp³-hybridized carbons (Fsp3) is 0.368. The first-order chi connectivity index (χ1) is 22.2. The summed E-state index contributed by atoms with van der Waals surface area (Å²) in [4.78, 5) is 29.5. The second kappa shape index (κ2) is 13.7. The molecule has 2 saturated heterocycles. The van der Waals surface area contributed by atoms with Gasteiger partial charge in [0.25, 0.3) is 0 Å². The third-order valence-electron chi connectivity index (χ3n) is 9.69. The molecular weight excluding hydrogens is 575 g/mol. The van der Waals surface area contributed by atoms with Crippen LogP contribution in [0.4, 0.5) is 17.1 Å². The van der Waals surface area contributed by atoms with Crippen molar-refractivity contribution < 1.29 is 24.4 Å². The van der Waals surface area contributed by atoms with Gasteiger partial charge in [-0.25, -0.2) is 0 Å². The number of benzene rings is 3. The van der Waals surface area contributed by atoms with Crippen molar-refractivity contribution in [1.29, 1.82) is 0 Å². The predicted octanol–water partition coefficient (Wildman–Crippen LogP) is 7.76. The average Bonchev–Trinajstić information content (AvgIpc) is 3.30. The van der Waals surface area contributed by atoms with Crippen LogP contribution in [-0.4, -0.2) is 35.2 Å². The zero-order valence-electron chi connectivity index (χ0n) is 26.9. The Kier molecular flexibility index (Phi) is 9.48. The van der Waals surface area contributed by atoms with Crippen molar-refractivity contribution in [3.8, 4) is 5.75 Å². The van der Waals surface area contributed by atoms with E-state index in [0.717, 1.165) is 41.8 Å². The molecule has 0 aromatic heterocycles. The normalized spacial score (nSPS) is 23.2. The molecule has 7 nitrogen and oxygen atoms in total. The zero-order valence-corrected chi connectivity index (χ0v) is 26.9. The van der Waals surface area contributed by atoms with Crippen LogP contribution in [0, 0.1) is 23.7 Å². The molecule has 1 aliphatic carbocycles. The first kappa shape index (κ1) is 31.8. The van der Waals surface area contributed by atoms with Gasteiger partial charge < -0.3 is 20.1 Å². The predicted molar refractivity (Wildman–Crippen MR) is 183 cm³/mol. The summed E-state index contributed by atoms with van der Waals surface area (Å²) in [6.45, 7) is 6.45. The van der Waals surface area contributed by atoms with Crippen LogP contribution in [0.25, 0.3) is 6.08 Å². The lowest BCUT2D eigenvalue weighted by molar-refractivity contribution is -0.122. The van der Waals surface area contributed by atoms with Crippen LogP contribution < -0.4 is 10.2 Å². The number of rotatable bonds is 10. The first-order valence-electron chi connectivity index (χ1n) is 16.6. The lowest BCUT2D eigenvalue weighted by Gasteiger charge is -2.44. The summed E-state index contributed by atoms with van der Waals surface area (Å²) in [6.07, 6.45) is 6.08. The van der Waals surface area contributed by atoms with Gasteiger partial charge in [-0.3, -0.25) is 14.5 Å². The van der Waals surface area contributed by atoms with Crippen molar-refractivity contribution in [1.82, 2.24) is 0 Å². The number of imide groups is 1. The minimum atomic E-state index is -0.998. The fourth-order valence-electron chi connectivity index (χ4n) is 7.60. The van der Waals surface area contributed by atoms with Gasteiger partial charge in [-0.1, -0.05) is 74.7 Å². The molecule has 0 spiro atoms. The molecule has 3 N–H and O–H groups in total. The quantitative estimate of drug-likeness (QED) is 0.122. The number of amides is 2. The van der Waals surface area contributed by atoms with E-state index in [1.54, 1.807) is 12.1 Å². The molecule has 3 aromatic carbocycles. The maximum Gasteiger partial charge on any atom is 0.455 e. The van der Waals surface area contributed by atoms with E-state index in [1.807, 2.05) is 66.7 Å². The van der Waals surface area contributed by atoms with Crippen LogP contribution in [0.2, 0.25) is 6.32 Å². The summed E-state index contributed by atoms with van der Waals surface area (Å²) >= 11 is 0. The van der Waals surface area contributed by atoms with Gasteiger partial charge in [0.05, 0.1) is 23.6 Å². The number of carbonyl (C=O) groups excluding carboxylic acids is 2. The number of carbonyl (C=O) groups is 2. The Hall–Kier alpha value is -4.14. The molecule has 0 unspecified atom stereocenters. The third kappa shape index (κ3) is 6.55. The number of hydrogen-bond donors (Lipinski definition) is 3. The van der Waals surface area contributed by atoms with Crippen LogP contribution in [0.3, 0.4) is 0 Å². The molecule has 3 aromatic rings. The van der Waals surface area contributed by atoms with Gasteiger partial charge in [0.2, 0.25) is 11.8 Å². The Morgan fingerprint density at radius 3 is 2.33 bits per heavy atom. The van der Waals surface area contributed by atoms with Crippen molar-refractivity contribution in [3.63, 3.8) is 0 Å². The molecular formula is C38H43BN2O5. The Morgan fingerprint density at radius 2 is 1.65 bits per heavy atom. The van der Waals surface area contributed by atoms with Gasteiger partial charge in [0, 0.05) is 11.4 Å². The molecule has 8 heteroatoms. The minimum Gasteiger partial charge on any atom is -0.508 e. The third-order valence-corrected chi connectivity index (χ3v) is 9.69. The van der Waals surface area contributed by atoms with Crippen molar-refractivity contribution in [2.75, 3.05) is 10.2 Å². The largest absolute Gasteiger partial charge is 0.508 e. The standard InChI is InChI=1S/C38H43BN2O5/c1-4-8-25(21-26-11-18-30(42)19-12-26)13-20-34-35-31(24(2)3)22-32-36(33(35)23-39(45)46-34)38(44)41(37(32)43)29-16-14-28(15-17-29)40-27-9-6-5-7-10-27/h5-7,9-12,14-19,21,24,32-34,36,40,42,45H,4,8,13,20,22-23H2,1-3H3/b25-21+/t32-,33+,34-,36-/m1/s1. The molecule has 0 radical (unpaired) electrons. The summed E-state index contributed by atoms with van der Waals surface area (Å²) < 4.78 is 6.24. The van der Waals surface area contributed by atoms with E-state index in [0.29, 0.717) is 24.8 Å². The number of aromatic hydroxyl groups is 1. The summed E-state index contributed by atoms with van der Waals surface area (Å²) in [5.74, 6) is -1.13. The summed E-state index contributed by atoms with van der Waals surface area (Å²) in [5.41, 5.74) is 7.01. The monoisotopic (exact) mass is 618 g/mol. The van der Waals surface area contributed by atoms with Crippen molar-refractivity contribution in [3.05, 3.63) is 101 Å².